The van der Waals surface area contributed by atoms with Gasteiger partial charge in [0.2, 0.25) is 0 Å². The Balaban J connectivity index is 2.11. The lowest BCUT2D eigenvalue weighted by atomic mass is 9.96. The number of nitrogens with zero attached hydrogens (tertiary/aromatic N) is 3. The molecule has 4 N–H and O–H groups in total. The zero-order chi connectivity index (χ0) is 18.7. The van der Waals surface area contributed by atoms with Gasteiger partial charge in [-0.1, -0.05) is 50.2 Å². The van der Waals surface area contributed by atoms with Crippen molar-refractivity contribution >= 4 is 22.6 Å². The van der Waals surface area contributed by atoms with E-state index in [0.717, 1.165) is 12.0 Å². The molecule has 6 heteroatoms. The first-order valence-corrected chi connectivity index (χ1v) is 8.61. The Morgan fingerprint density at radius 2 is 1.81 bits per heavy atom. The second kappa shape index (κ2) is 7.49. The summed E-state index contributed by atoms with van der Waals surface area (Å²) in [6.45, 7) is 4.32. The zero-order valence-electron chi connectivity index (χ0n) is 15.0. The first-order chi connectivity index (χ1) is 12.5. The SMILES string of the molecule is CC(C)C[C@@H](c1ccccc1)N(N)c1ncnc2c(C(N)=O)cccc12. The van der Waals surface area contributed by atoms with Crippen molar-refractivity contribution < 1.29 is 4.79 Å². The van der Waals surface area contributed by atoms with Crippen molar-refractivity contribution in [3.8, 4) is 0 Å². The number of carbonyl (C=O) groups excluding carboxylic acids is 1. The summed E-state index contributed by atoms with van der Waals surface area (Å²) in [5.41, 5.74) is 7.46. The predicted octanol–water partition coefficient (Wildman–Crippen LogP) is 3.20. The van der Waals surface area contributed by atoms with E-state index < -0.39 is 5.91 Å². The van der Waals surface area contributed by atoms with Crippen molar-refractivity contribution in [1.82, 2.24) is 9.97 Å². The molecule has 0 fully saturated rings. The normalized spacial score (nSPS) is 12.3. The molecule has 0 unspecified atom stereocenters. The predicted molar refractivity (Wildman–Crippen MR) is 103 cm³/mol. The second-order valence-corrected chi connectivity index (χ2v) is 6.73. The van der Waals surface area contributed by atoms with Crippen LogP contribution in [0.15, 0.2) is 54.9 Å². The van der Waals surface area contributed by atoms with Gasteiger partial charge in [0.25, 0.3) is 5.91 Å². The van der Waals surface area contributed by atoms with E-state index in [-0.39, 0.29) is 6.04 Å². The molecule has 6 nitrogen and oxygen atoms in total. The quantitative estimate of drug-likeness (QED) is 0.526. The molecule has 1 amide bonds. The van der Waals surface area contributed by atoms with Crippen molar-refractivity contribution in [1.29, 1.82) is 0 Å². The molecule has 1 aromatic heterocycles. The van der Waals surface area contributed by atoms with Gasteiger partial charge in [0.15, 0.2) is 5.82 Å². The fraction of sp³-hybridized carbons (Fsp3) is 0.250. The number of rotatable bonds is 6. The van der Waals surface area contributed by atoms with Crippen molar-refractivity contribution in [3.63, 3.8) is 0 Å². The Bertz CT molecular complexity index is 910. The highest BCUT2D eigenvalue weighted by atomic mass is 16.1. The number of primary amides is 1. The molecule has 26 heavy (non-hydrogen) atoms. The Morgan fingerprint density at radius 3 is 2.46 bits per heavy atom. The van der Waals surface area contributed by atoms with Gasteiger partial charge in [-0.3, -0.25) is 9.80 Å². The fourth-order valence-corrected chi connectivity index (χ4v) is 3.16. The number of para-hydroxylation sites is 1. The molecule has 0 saturated heterocycles. The molecule has 0 bridgehead atoms. The molecule has 2 aromatic carbocycles. The van der Waals surface area contributed by atoms with Crippen molar-refractivity contribution in [2.45, 2.75) is 26.3 Å². The monoisotopic (exact) mass is 349 g/mol. The van der Waals surface area contributed by atoms with Crippen LogP contribution in [-0.2, 0) is 0 Å². The van der Waals surface area contributed by atoms with Crippen LogP contribution in [0.4, 0.5) is 5.82 Å². The van der Waals surface area contributed by atoms with Gasteiger partial charge in [0.05, 0.1) is 17.1 Å². The van der Waals surface area contributed by atoms with Gasteiger partial charge in [-0.25, -0.2) is 15.8 Å². The number of nitrogens with two attached hydrogens (primary N) is 2. The van der Waals surface area contributed by atoms with E-state index >= 15 is 0 Å². The van der Waals surface area contributed by atoms with Crippen LogP contribution in [0.2, 0.25) is 0 Å². The molecule has 3 aromatic rings. The van der Waals surface area contributed by atoms with Crippen LogP contribution in [0.5, 0.6) is 0 Å². The van der Waals surface area contributed by atoms with Gasteiger partial charge in [-0.2, -0.15) is 0 Å². The van der Waals surface area contributed by atoms with E-state index in [4.69, 9.17) is 11.6 Å². The van der Waals surface area contributed by atoms with Crippen LogP contribution in [-0.4, -0.2) is 15.9 Å². The minimum Gasteiger partial charge on any atom is -0.366 e. The van der Waals surface area contributed by atoms with Gasteiger partial charge in [0, 0.05) is 5.39 Å². The highest BCUT2D eigenvalue weighted by Crippen LogP contribution is 2.32. The van der Waals surface area contributed by atoms with Crippen molar-refractivity contribution in [3.05, 3.63) is 66.0 Å². The van der Waals surface area contributed by atoms with Gasteiger partial charge >= 0.3 is 0 Å². The maximum absolute atomic E-state index is 11.7. The first kappa shape index (κ1) is 17.8. The molecule has 0 aliphatic carbocycles. The zero-order valence-corrected chi connectivity index (χ0v) is 15.0. The molecular formula is C20H23N5O. The van der Waals surface area contributed by atoms with Gasteiger partial charge < -0.3 is 5.73 Å². The lowest BCUT2D eigenvalue weighted by Gasteiger charge is -2.30. The van der Waals surface area contributed by atoms with Gasteiger partial charge in [-0.05, 0) is 30.0 Å². The number of fused-ring (bicyclic) bond motifs is 1. The number of anilines is 1. The Hall–Kier alpha value is -2.99. The molecule has 3 rings (SSSR count). The third-order valence-electron chi connectivity index (χ3n) is 4.37. The molecule has 0 saturated carbocycles. The Kier molecular flexibility index (Phi) is 5.14. The fourth-order valence-electron chi connectivity index (χ4n) is 3.16. The summed E-state index contributed by atoms with van der Waals surface area (Å²) >= 11 is 0. The van der Waals surface area contributed by atoms with E-state index in [1.54, 1.807) is 17.1 Å². The van der Waals surface area contributed by atoms with Crippen molar-refractivity contribution in [2.24, 2.45) is 17.5 Å². The molecule has 1 atom stereocenters. The number of benzene rings is 2. The minimum atomic E-state index is -0.523. The first-order valence-electron chi connectivity index (χ1n) is 8.61. The highest BCUT2D eigenvalue weighted by Gasteiger charge is 2.23. The third-order valence-corrected chi connectivity index (χ3v) is 4.37. The number of aromatic nitrogens is 2. The summed E-state index contributed by atoms with van der Waals surface area (Å²) in [5.74, 6) is 7.04. The smallest absolute Gasteiger partial charge is 0.250 e. The van der Waals surface area contributed by atoms with Crippen LogP contribution in [0.25, 0.3) is 10.9 Å². The van der Waals surface area contributed by atoms with Gasteiger partial charge in [0.1, 0.15) is 6.33 Å². The summed E-state index contributed by atoms with van der Waals surface area (Å²) in [7, 11) is 0. The molecule has 0 spiro atoms. The van der Waals surface area contributed by atoms with E-state index in [1.165, 1.54) is 6.33 Å². The molecule has 134 valence electrons. The van der Waals surface area contributed by atoms with Crippen LogP contribution in [0.1, 0.15) is 42.2 Å². The average Bonchev–Trinajstić information content (AvgIpc) is 2.65. The largest absolute Gasteiger partial charge is 0.366 e. The van der Waals surface area contributed by atoms with Crippen LogP contribution >= 0.6 is 0 Å². The number of carbonyl (C=O) groups is 1. The van der Waals surface area contributed by atoms with E-state index in [0.29, 0.717) is 28.2 Å². The molecular weight excluding hydrogens is 326 g/mol. The number of amides is 1. The Morgan fingerprint density at radius 1 is 1.08 bits per heavy atom. The average molecular weight is 349 g/mol. The lowest BCUT2D eigenvalue weighted by Crippen LogP contribution is -2.37. The van der Waals surface area contributed by atoms with E-state index in [2.05, 4.69) is 35.9 Å². The summed E-state index contributed by atoms with van der Waals surface area (Å²) in [6.07, 6.45) is 2.28. The molecule has 0 aliphatic rings. The number of hydrazine groups is 1. The van der Waals surface area contributed by atoms with Crippen LogP contribution in [0.3, 0.4) is 0 Å². The third kappa shape index (κ3) is 3.50. The Labute approximate surface area is 152 Å². The molecule has 1 heterocycles. The minimum absolute atomic E-state index is 0.0495. The van der Waals surface area contributed by atoms with Crippen molar-refractivity contribution in [2.75, 3.05) is 5.01 Å². The standard InChI is InChI=1S/C20H23N5O/c1-13(2)11-17(14-7-4-3-5-8-14)25(22)20-16-10-6-9-15(19(21)26)18(16)23-12-24-20/h3-10,12-13,17H,11,22H2,1-2H3,(H2,21,26)/t17-/m0/s1. The molecule has 0 aliphatic heterocycles. The van der Waals surface area contributed by atoms with Crippen LogP contribution in [0, 0.1) is 5.92 Å². The second-order valence-electron chi connectivity index (χ2n) is 6.73. The summed E-state index contributed by atoms with van der Waals surface area (Å²) in [6, 6.07) is 15.3. The number of hydrogen-bond acceptors (Lipinski definition) is 5. The molecule has 0 radical (unpaired) electrons. The van der Waals surface area contributed by atoms with Gasteiger partial charge in [-0.15, -0.1) is 0 Å². The number of hydrogen-bond donors (Lipinski definition) is 2. The van der Waals surface area contributed by atoms with E-state index in [1.807, 2.05) is 24.3 Å². The topological polar surface area (TPSA) is 98.1 Å². The maximum Gasteiger partial charge on any atom is 0.250 e. The summed E-state index contributed by atoms with van der Waals surface area (Å²) in [4.78, 5) is 20.4. The highest BCUT2D eigenvalue weighted by molar-refractivity contribution is 6.06. The summed E-state index contributed by atoms with van der Waals surface area (Å²) < 4.78 is 0. The lowest BCUT2D eigenvalue weighted by molar-refractivity contribution is 0.100. The summed E-state index contributed by atoms with van der Waals surface area (Å²) in [5, 5.41) is 2.38. The maximum atomic E-state index is 11.7. The van der Waals surface area contributed by atoms with Crippen LogP contribution < -0.4 is 16.6 Å². The van der Waals surface area contributed by atoms with E-state index in [9.17, 15) is 4.79 Å².